The third-order valence-electron chi connectivity index (χ3n) is 6.42. The van der Waals surface area contributed by atoms with E-state index in [0.717, 1.165) is 24.8 Å². The Morgan fingerprint density at radius 2 is 1.97 bits per heavy atom. The van der Waals surface area contributed by atoms with E-state index < -0.39 is 6.36 Å². The van der Waals surface area contributed by atoms with Crippen LogP contribution in [0.5, 0.6) is 0 Å². The molecule has 0 saturated carbocycles. The molecular weight excluding hydrogens is 461 g/mol. The Morgan fingerprint density at radius 1 is 1.20 bits per heavy atom. The first-order chi connectivity index (χ1) is 16.8. The highest BCUT2D eigenvalue weighted by molar-refractivity contribution is 5.93. The van der Waals surface area contributed by atoms with Crippen LogP contribution in [0.25, 0.3) is 10.9 Å². The molecule has 1 aliphatic heterocycles. The van der Waals surface area contributed by atoms with E-state index in [1.54, 1.807) is 0 Å². The zero-order valence-corrected chi connectivity index (χ0v) is 19.8. The van der Waals surface area contributed by atoms with E-state index in [1.807, 2.05) is 34.2 Å². The standard InChI is InChI=1S/C24H31F3N6O2/c1-2-5-17(14-18-16-28-20-7-4-3-6-19(18)20)15-21(34)22-29-23(31-30-22)33-10-8-32(9-11-33)12-13-35-24(25,26)27/h3-4,6-7,16-17,28H,2,5,8-15H2,1H3,(H,29,30,31). The number of alkyl halides is 3. The predicted molar refractivity (Wildman–Crippen MR) is 126 cm³/mol. The maximum Gasteiger partial charge on any atom is 0.522 e. The van der Waals surface area contributed by atoms with Crippen LogP contribution in [0.15, 0.2) is 30.5 Å². The molecule has 0 spiro atoms. The summed E-state index contributed by atoms with van der Waals surface area (Å²) in [7, 11) is 0. The molecule has 2 N–H and O–H groups in total. The van der Waals surface area contributed by atoms with Crippen molar-refractivity contribution in [1.82, 2.24) is 25.1 Å². The molecule has 0 amide bonds. The lowest BCUT2D eigenvalue weighted by Crippen LogP contribution is -2.48. The van der Waals surface area contributed by atoms with Crippen molar-refractivity contribution in [2.75, 3.05) is 44.2 Å². The number of halogens is 3. The number of carbonyl (C=O) groups is 1. The first kappa shape index (κ1) is 25.2. The molecule has 8 nitrogen and oxygen atoms in total. The number of hydrogen-bond acceptors (Lipinski definition) is 6. The van der Waals surface area contributed by atoms with Gasteiger partial charge in [0.2, 0.25) is 5.95 Å². The summed E-state index contributed by atoms with van der Waals surface area (Å²) in [6.45, 7) is 4.21. The molecule has 0 bridgehead atoms. The van der Waals surface area contributed by atoms with Crippen LogP contribution in [0.1, 0.15) is 42.4 Å². The molecule has 1 aliphatic rings. The number of hydrogen-bond donors (Lipinski definition) is 2. The number of anilines is 1. The third-order valence-corrected chi connectivity index (χ3v) is 6.42. The number of fused-ring (bicyclic) bond motifs is 1. The predicted octanol–water partition coefficient (Wildman–Crippen LogP) is 4.18. The first-order valence-electron chi connectivity index (χ1n) is 12.0. The van der Waals surface area contributed by atoms with E-state index in [4.69, 9.17) is 0 Å². The molecular formula is C24H31F3N6O2. The van der Waals surface area contributed by atoms with E-state index in [-0.39, 0.29) is 30.7 Å². The van der Waals surface area contributed by atoms with E-state index in [0.29, 0.717) is 38.5 Å². The number of piperazine rings is 1. The van der Waals surface area contributed by atoms with Gasteiger partial charge in [0, 0.05) is 56.2 Å². The summed E-state index contributed by atoms with van der Waals surface area (Å²) in [4.78, 5) is 24.6. The minimum atomic E-state index is -4.60. The van der Waals surface area contributed by atoms with Crippen LogP contribution >= 0.6 is 0 Å². The molecule has 0 radical (unpaired) electrons. The monoisotopic (exact) mass is 492 g/mol. The number of nitrogens with zero attached hydrogens (tertiary/aromatic N) is 4. The van der Waals surface area contributed by atoms with Crippen molar-refractivity contribution in [3.8, 4) is 0 Å². The lowest BCUT2D eigenvalue weighted by Gasteiger charge is -2.33. The number of aromatic amines is 2. The van der Waals surface area contributed by atoms with Gasteiger partial charge in [-0.3, -0.25) is 19.5 Å². The van der Waals surface area contributed by atoms with Gasteiger partial charge in [0.15, 0.2) is 11.6 Å². The number of para-hydroxylation sites is 1. The highest BCUT2D eigenvalue weighted by atomic mass is 19.4. The van der Waals surface area contributed by atoms with Crippen molar-refractivity contribution in [3.63, 3.8) is 0 Å². The van der Waals surface area contributed by atoms with Crippen LogP contribution in [0, 0.1) is 5.92 Å². The van der Waals surface area contributed by atoms with E-state index >= 15 is 0 Å². The van der Waals surface area contributed by atoms with E-state index in [1.165, 1.54) is 10.9 Å². The van der Waals surface area contributed by atoms with E-state index in [9.17, 15) is 18.0 Å². The second-order valence-electron chi connectivity index (χ2n) is 8.95. The largest absolute Gasteiger partial charge is 0.522 e. The number of ketones is 1. The van der Waals surface area contributed by atoms with Crippen LogP contribution < -0.4 is 4.90 Å². The Hall–Kier alpha value is -2.92. The van der Waals surface area contributed by atoms with Gasteiger partial charge in [-0.2, -0.15) is 4.98 Å². The number of carbonyl (C=O) groups excluding carboxylic acids is 1. The summed E-state index contributed by atoms with van der Waals surface area (Å²) in [5, 5.41) is 8.19. The lowest BCUT2D eigenvalue weighted by atomic mass is 9.90. The Kier molecular flexibility index (Phi) is 8.07. The van der Waals surface area contributed by atoms with Crippen molar-refractivity contribution in [1.29, 1.82) is 0 Å². The number of Topliss-reactive ketones (excluding diaryl/α,β-unsaturated/α-hetero) is 1. The maximum atomic E-state index is 13.0. The zero-order chi connectivity index (χ0) is 24.8. The number of ether oxygens (including phenoxy) is 1. The normalized spacial score (nSPS) is 16.2. The van der Waals surface area contributed by atoms with Crippen LogP contribution in [0.4, 0.5) is 19.1 Å². The van der Waals surface area contributed by atoms with Crippen molar-refractivity contribution in [2.45, 2.75) is 39.0 Å². The molecule has 1 aromatic carbocycles. The molecule has 3 aromatic rings. The van der Waals surface area contributed by atoms with Gasteiger partial charge in [-0.25, -0.2) is 0 Å². The van der Waals surface area contributed by atoms with Crippen molar-refractivity contribution < 1.29 is 22.7 Å². The molecule has 2 aromatic heterocycles. The minimum Gasteiger partial charge on any atom is -0.361 e. The average molecular weight is 493 g/mol. The highest BCUT2D eigenvalue weighted by Crippen LogP contribution is 2.25. The Labute approximate surface area is 201 Å². The molecule has 3 heterocycles. The fourth-order valence-electron chi connectivity index (χ4n) is 4.64. The fourth-order valence-corrected chi connectivity index (χ4v) is 4.64. The molecule has 1 atom stereocenters. The summed E-state index contributed by atoms with van der Waals surface area (Å²) in [5.74, 6) is 0.831. The maximum absolute atomic E-state index is 13.0. The van der Waals surface area contributed by atoms with E-state index in [2.05, 4.69) is 37.9 Å². The van der Waals surface area contributed by atoms with Crippen molar-refractivity contribution in [3.05, 3.63) is 41.9 Å². The summed E-state index contributed by atoms with van der Waals surface area (Å²) >= 11 is 0. The number of H-pyrrole nitrogens is 2. The fraction of sp³-hybridized carbons (Fsp3) is 0.542. The highest BCUT2D eigenvalue weighted by Gasteiger charge is 2.29. The quantitative estimate of drug-likeness (QED) is 0.391. The molecule has 35 heavy (non-hydrogen) atoms. The zero-order valence-electron chi connectivity index (χ0n) is 19.8. The lowest BCUT2D eigenvalue weighted by molar-refractivity contribution is -0.325. The minimum absolute atomic E-state index is 0.0648. The van der Waals surface area contributed by atoms with Crippen LogP contribution in [-0.2, 0) is 11.2 Å². The van der Waals surface area contributed by atoms with Crippen LogP contribution in [-0.4, -0.2) is 76.5 Å². The van der Waals surface area contributed by atoms with Gasteiger partial charge in [-0.1, -0.05) is 31.5 Å². The number of benzene rings is 1. The van der Waals surface area contributed by atoms with Gasteiger partial charge < -0.3 is 9.88 Å². The van der Waals surface area contributed by atoms with Gasteiger partial charge in [0.05, 0.1) is 6.61 Å². The smallest absolute Gasteiger partial charge is 0.361 e. The van der Waals surface area contributed by atoms with Gasteiger partial charge in [-0.15, -0.1) is 18.3 Å². The summed E-state index contributed by atoms with van der Waals surface area (Å²) in [5.41, 5.74) is 2.31. The van der Waals surface area contributed by atoms with Gasteiger partial charge in [0.25, 0.3) is 0 Å². The van der Waals surface area contributed by atoms with Gasteiger partial charge in [-0.05, 0) is 30.4 Å². The second kappa shape index (κ2) is 11.2. The SMILES string of the molecule is CCCC(CC(=O)c1nc(N2CCN(CCOC(F)(F)F)CC2)n[nH]1)Cc1c[nH]c2ccccc12. The van der Waals surface area contributed by atoms with Crippen LogP contribution in [0.2, 0.25) is 0 Å². The topological polar surface area (TPSA) is 90.1 Å². The van der Waals surface area contributed by atoms with Gasteiger partial charge >= 0.3 is 6.36 Å². The second-order valence-corrected chi connectivity index (χ2v) is 8.95. The van der Waals surface area contributed by atoms with Crippen LogP contribution in [0.3, 0.4) is 0 Å². The van der Waals surface area contributed by atoms with Crippen molar-refractivity contribution in [2.24, 2.45) is 5.92 Å². The molecule has 1 saturated heterocycles. The Morgan fingerprint density at radius 3 is 2.71 bits per heavy atom. The van der Waals surface area contributed by atoms with Crippen molar-refractivity contribution >= 4 is 22.6 Å². The molecule has 1 fully saturated rings. The third kappa shape index (κ3) is 6.82. The Bertz CT molecular complexity index is 1100. The molecule has 0 aliphatic carbocycles. The summed E-state index contributed by atoms with van der Waals surface area (Å²) in [6, 6.07) is 8.16. The number of aromatic nitrogens is 4. The summed E-state index contributed by atoms with van der Waals surface area (Å²) < 4.78 is 40.3. The average Bonchev–Trinajstić information content (AvgIpc) is 3.47. The number of rotatable bonds is 11. The van der Waals surface area contributed by atoms with Gasteiger partial charge in [0.1, 0.15) is 0 Å². The Balaban J connectivity index is 1.30. The molecule has 1 unspecified atom stereocenters. The molecule has 4 rings (SSSR count). The molecule has 11 heteroatoms. The molecule has 190 valence electrons. The first-order valence-corrected chi connectivity index (χ1v) is 12.0. The summed E-state index contributed by atoms with van der Waals surface area (Å²) in [6.07, 6.45) is 0.542. The number of nitrogens with one attached hydrogen (secondary N) is 2.